The molecule has 2 aromatic heterocycles. The summed E-state index contributed by atoms with van der Waals surface area (Å²) < 4.78 is 0. The van der Waals surface area contributed by atoms with E-state index in [1.54, 1.807) is 11.3 Å². The van der Waals surface area contributed by atoms with Crippen LogP contribution in [-0.2, 0) is 0 Å². The lowest BCUT2D eigenvalue weighted by molar-refractivity contribution is 0.292. The summed E-state index contributed by atoms with van der Waals surface area (Å²) in [7, 11) is 0. The smallest absolute Gasteiger partial charge is 0.226 e. The van der Waals surface area contributed by atoms with Crippen LogP contribution in [0.5, 0.6) is 0 Å². The van der Waals surface area contributed by atoms with Gasteiger partial charge in [-0.25, -0.2) is 4.98 Å². The van der Waals surface area contributed by atoms with E-state index in [1.165, 1.54) is 23.1 Å². The number of hydrogen-bond acceptors (Lipinski definition) is 5. The van der Waals surface area contributed by atoms with Crippen LogP contribution in [0.15, 0.2) is 6.07 Å². The highest BCUT2D eigenvalue weighted by atomic mass is 32.1. The van der Waals surface area contributed by atoms with E-state index in [0.717, 1.165) is 36.2 Å². The molecule has 0 atom stereocenters. The molecule has 1 aliphatic heterocycles. The quantitative estimate of drug-likeness (QED) is 0.928. The number of thiophene rings is 1. The van der Waals surface area contributed by atoms with E-state index in [1.807, 2.05) is 0 Å². The predicted octanol–water partition coefficient (Wildman–Crippen LogP) is 4.06. The van der Waals surface area contributed by atoms with Gasteiger partial charge in [-0.2, -0.15) is 4.98 Å². The fourth-order valence-corrected chi connectivity index (χ4v) is 3.98. The van der Waals surface area contributed by atoms with Gasteiger partial charge in [0.2, 0.25) is 5.95 Å². The zero-order chi connectivity index (χ0) is 15.0. The van der Waals surface area contributed by atoms with Gasteiger partial charge in [0.15, 0.2) is 0 Å². The minimum absolute atomic E-state index is 0.360. The molecule has 114 valence electrons. The first-order chi connectivity index (χ1) is 9.98. The molecule has 3 rings (SSSR count). The fourth-order valence-electron chi connectivity index (χ4n) is 3.11. The van der Waals surface area contributed by atoms with Crippen LogP contribution in [0.1, 0.15) is 38.5 Å². The van der Waals surface area contributed by atoms with Crippen molar-refractivity contribution in [2.24, 2.45) is 5.41 Å². The van der Waals surface area contributed by atoms with Gasteiger partial charge < -0.3 is 10.2 Å². The Kier molecular flexibility index (Phi) is 3.78. The van der Waals surface area contributed by atoms with Gasteiger partial charge in [-0.05, 0) is 38.2 Å². The van der Waals surface area contributed by atoms with Gasteiger partial charge in [0.05, 0.1) is 5.39 Å². The molecule has 0 aliphatic carbocycles. The van der Waals surface area contributed by atoms with E-state index in [2.05, 4.69) is 49.0 Å². The maximum Gasteiger partial charge on any atom is 0.226 e. The number of piperidine rings is 1. The van der Waals surface area contributed by atoms with Crippen molar-refractivity contribution in [1.29, 1.82) is 0 Å². The third-order valence-corrected chi connectivity index (χ3v) is 4.98. The maximum atomic E-state index is 4.80. The van der Waals surface area contributed by atoms with Crippen LogP contribution in [0.25, 0.3) is 10.2 Å². The second-order valence-corrected chi connectivity index (χ2v) is 7.90. The number of nitrogens with one attached hydrogen (secondary N) is 1. The normalized spacial score (nSPS) is 18.2. The average molecular weight is 304 g/mol. The number of rotatable bonds is 3. The Bertz CT molecular complexity index is 647. The van der Waals surface area contributed by atoms with E-state index in [0.29, 0.717) is 5.41 Å². The summed E-state index contributed by atoms with van der Waals surface area (Å²) in [5, 5.41) is 4.47. The predicted molar refractivity (Wildman–Crippen MR) is 91.5 cm³/mol. The summed E-state index contributed by atoms with van der Waals surface area (Å²) in [6, 6.07) is 2.23. The van der Waals surface area contributed by atoms with Gasteiger partial charge in [0.25, 0.3) is 0 Å². The summed E-state index contributed by atoms with van der Waals surface area (Å²) in [5.74, 6) is 1.86. The van der Waals surface area contributed by atoms with Crippen molar-refractivity contribution >= 4 is 33.3 Å². The van der Waals surface area contributed by atoms with Crippen LogP contribution in [0.4, 0.5) is 11.8 Å². The lowest BCUT2D eigenvalue weighted by atomic mass is 9.84. The van der Waals surface area contributed by atoms with Gasteiger partial charge in [0, 0.05) is 24.5 Å². The van der Waals surface area contributed by atoms with Crippen molar-refractivity contribution in [2.75, 3.05) is 29.9 Å². The average Bonchev–Trinajstić information content (AvgIpc) is 2.77. The Balaban J connectivity index is 2.06. The minimum Gasteiger partial charge on any atom is -0.355 e. The second kappa shape index (κ2) is 5.44. The largest absolute Gasteiger partial charge is 0.355 e. The molecule has 3 heterocycles. The molecule has 2 aromatic rings. The van der Waals surface area contributed by atoms with Gasteiger partial charge >= 0.3 is 0 Å². The van der Waals surface area contributed by atoms with Crippen molar-refractivity contribution in [3.8, 4) is 0 Å². The Labute approximate surface area is 130 Å². The van der Waals surface area contributed by atoms with E-state index < -0.39 is 0 Å². The van der Waals surface area contributed by atoms with Crippen molar-refractivity contribution in [3.63, 3.8) is 0 Å². The number of fused-ring (bicyclic) bond motifs is 1. The minimum atomic E-state index is 0.360. The zero-order valence-electron chi connectivity index (χ0n) is 13.4. The first-order valence-electron chi connectivity index (χ1n) is 7.75. The Morgan fingerprint density at radius 3 is 2.90 bits per heavy atom. The van der Waals surface area contributed by atoms with Gasteiger partial charge in [-0.3, -0.25) is 0 Å². The number of hydrogen-bond donors (Lipinski definition) is 1. The molecule has 0 saturated carbocycles. The van der Waals surface area contributed by atoms with Crippen LogP contribution >= 0.6 is 11.3 Å². The topological polar surface area (TPSA) is 41.1 Å². The molecule has 0 amide bonds. The highest BCUT2D eigenvalue weighted by molar-refractivity contribution is 7.18. The standard InChI is InChI=1S/C16H24N4S/c1-5-17-15-18-13(12-9-11(2)21-14(12)19-15)20-8-6-7-16(3,4)10-20/h9H,5-8,10H2,1-4H3,(H,17,18,19). The van der Waals surface area contributed by atoms with Crippen LogP contribution in [0.2, 0.25) is 0 Å². The molecular formula is C16H24N4S. The number of anilines is 2. The van der Waals surface area contributed by atoms with E-state index in [4.69, 9.17) is 4.98 Å². The van der Waals surface area contributed by atoms with Crippen LogP contribution < -0.4 is 10.2 Å². The Morgan fingerprint density at radius 2 is 2.19 bits per heavy atom. The molecule has 5 heteroatoms. The van der Waals surface area contributed by atoms with Crippen LogP contribution in [0.3, 0.4) is 0 Å². The van der Waals surface area contributed by atoms with Gasteiger partial charge in [0.1, 0.15) is 10.6 Å². The molecule has 1 N–H and O–H groups in total. The molecule has 0 spiro atoms. The third-order valence-electron chi connectivity index (χ3n) is 4.03. The maximum absolute atomic E-state index is 4.80. The molecule has 1 fully saturated rings. The summed E-state index contributed by atoms with van der Waals surface area (Å²) in [6.07, 6.45) is 2.53. The first-order valence-corrected chi connectivity index (χ1v) is 8.57. The van der Waals surface area contributed by atoms with E-state index in [9.17, 15) is 0 Å². The highest BCUT2D eigenvalue weighted by Gasteiger charge is 2.28. The van der Waals surface area contributed by atoms with Gasteiger partial charge in [-0.1, -0.05) is 13.8 Å². The monoisotopic (exact) mass is 304 g/mol. The van der Waals surface area contributed by atoms with Crippen molar-refractivity contribution in [1.82, 2.24) is 9.97 Å². The first kappa shape index (κ1) is 14.6. The summed E-state index contributed by atoms with van der Waals surface area (Å²) in [4.78, 5) is 14.3. The number of aryl methyl sites for hydroxylation is 1. The summed E-state index contributed by atoms with van der Waals surface area (Å²) in [5.41, 5.74) is 0.360. The Hall–Kier alpha value is -1.36. The molecule has 4 nitrogen and oxygen atoms in total. The third kappa shape index (κ3) is 2.98. The fraction of sp³-hybridized carbons (Fsp3) is 0.625. The Morgan fingerprint density at radius 1 is 1.38 bits per heavy atom. The van der Waals surface area contributed by atoms with Crippen molar-refractivity contribution < 1.29 is 0 Å². The molecule has 1 aliphatic rings. The van der Waals surface area contributed by atoms with Crippen LogP contribution in [0, 0.1) is 12.3 Å². The van der Waals surface area contributed by atoms with Crippen molar-refractivity contribution in [2.45, 2.75) is 40.5 Å². The molecule has 0 unspecified atom stereocenters. The molecular weight excluding hydrogens is 280 g/mol. The molecule has 0 aromatic carbocycles. The SMILES string of the molecule is CCNc1nc(N2CCCC(C)(C)C2)c2cc(C)sc2n1. The number of aromatic nitrogens is 2. The lowest BCUT2D eigenvalue weighted by Crippen LogP contribution is -2.40. The lowest BCUT2D eigenvalue weighted by Gasteiger charge is -2.39. The molecule has 0 bridgehead atoms. The van der Waals surface area contributed by atoms with E-state index in [-0.39, 0.29) is 0 Å². The van der Waals surface area contributed by atoms with Gasteiger partial charge in [-0.15, -0.1) is 11.3 Å². The molecule has 0 radical (unpaired) electrons. The van der Waals surface area contributed by atoms with E-state index >= 15 is 0 Å². The zero-order valence-corrected chi connectivity index (χ0v) is 14.2. The number of nitrogens with zero attached hydrogens (tertiary/aromatic N) is 3. The molecule has 21 heavy (non-hydrogen) atoms. The molecule has 1 saturated heterocycles. The second-order valence-electron chi connectivity index (χ2n) is 6.67. The highest BCUT2D eigenvalue weighted by Crippen LogP contribution is 2.36. The van der Waals surface area contributed by atoms with Crippen LogP contribution in [-0.4, -0.2) is 29.6 Å². The van der Waals surface area contributed by atoms with Crippen molar-refractivity contribution in [3.05, 3.63) is 10.9 Å². The summed E-state index contributed by atoms with van der Waals surface area (Å²) in [6.45, 7) is 11.9. The summed E-state index contributed by atoms with van der Waals surface area (Å²) >= 11 is 1.75.